The first-order valence-corrected chi connectivity index (χ1v) is 6.32. The third kappa shape index (κ3) is 2.66. The average molecular weight is 276 g/mol. The lowest BCUT2D eigenvalue weighted by Crippen LogP contribution is -2.11. The number of hydrogen-bond donors (Lipinski definition) is 2. The van der Waals surface area contributed by atoms with Crippen LogP contribution < -0.4 is 0 Å². The molecule has 2 rings (SSSR count). The van der Waals surface area contributed by atoms with Gasteiger partial charge in [0.2, 0.25) is 0 Å². The van der Waals surface area contributed by atoms with Gasteiger partial charge in [0.05, 0.1) is 12.8 Å². The number of aryl methyl sites for hydroxylation is 2. The molecule has 0 unspecified atom stereocenters. The number of para-hydroxylation sites is 1. The quantitative estimate of drug-likeness (QED) is 0.876. The van der Waals surface area contributed by atoms with Crippen molar-refractivity contribution >= 4 is 22.9 Å². The molecule has 0 saturated carbocycles. The Balaban J connectivity index is 2.54. The SMILES string of the molecule is Cc1oc2c(C(CC(=O)O)CC(=O)O)cccc2c1C. The Morgan fingerprint density at radius 2 is 1.75 bits per heavy atom. The molecule has 1 aromatic heterocycles. The highest BCUT2D eigenvalue weighted by Crippen LogP contribution is 2.34. The zero-order chi connectivity index (χ0) is 14.9. The van der Waals surface area contributed by atoms with E-state index in [-0.39, 0.29) is 12.8 Å². The molecular weight excluding hydrogens is 260 g/mol. The van der Waals surface area contributed by atoms with Crippen LogP contribution in [0.3, 0.4) is 0 Å². The maximum Gasteiger partial charge on any atom is 0.303 e. The Morgan fingerprint density at radius 1 is 1.15 bits per heavy atom. The average Bonchev–Trinajstić information content (AvgIpc) is 2.63. The molecule has 0 amide bonds. The van der Waals surface area contributed by atoms with E-state index in [2.05, 4.69) is 0 Å². The van der Waals surface area contributed by atoms with Gasteiger partial charge in [0.15, 0.2) is 0 Å². The van der Waals surface area contributed by atoms with Crippen LogP contribution in [0.5, 0.6) is 0 Å². The summed E-state index contributed by atoms with van der Waals surface area (Å²) >= 11 is 0. The van der Waals surface area contributed by atoms with Crippen LogP contribution in [-0.4, -0.2) is 22.2 Å². The second kappa shape index (κ2) is 5.36. The van der Waals surface area contributed by atoms with Gasteiger partial charge in [0, 0.05) is 11.3 Å². The molecule has 2 aromatic rings. The first kappa shape index (κ1) is 14.1. The van der Waals surface area contributed by atoms with Gasteiger partial charge >= 0.3 is 11.9 Å². The Hall–Kier alpha value is -2.30. The normalized spacial score (nSPS) is 11.2. The number of carbonyl (C=O) groups is 2. The number of hydrogen-bond acceptors (Lipinski definition) is 3. The number of carboxylic acids is 2. The summed E-state index contributed by atoms with van der Waals surface area (Å²) < 4.78 is 5.69. The standard InChI is InChI=1S/C15H16O5/c1-8-9(2)20-15-11(8)4-3-5-12(15)10(6-13(16)17)7-14(18)19/h3-5,10H,6-7H2,1-2H3,(H,16,17)(H,18,19). The predicted molar refractivity (Wildman–Crippen MR) is 72.9 cm³/mol. The van der Waals surface area contributed by atoms with Gasteiger partial charge in [-0.1, -0.05) is 18.2 Å². The maximum absolute atomic E-state index is 10.9. The Bertz CT molecular complexity index is 652. The number of benzene rings is 1. The summed E-state index contributed by atoms with van der Waals surface area (Å²) in [5.41, 5.74) is 2.23. The first-order valence-electron chi connectivity index (χ1n) is 6.32. The number of carboxylic acid groups (broad SMARTS) is 2. The molecule has 0 bridgehead atoms. The van der Waals surface area contributed by atoms with E-state index < -0.39 is 17.9 Å². The topological polar surface area (TPSA) is 87.7 Å². The van der Waals surface area contributed by atoms with Gasteiger partial charge in [-0.2, -0.15) is 0 Å². The van der Waals surface area contributed by atoms with Crippen molar-refractivity contribution in [1.29, 1.82) is 0 Å². The van der Waals surface area contributed by atoms with E-state index in [1.165, 1.54) is 0 Å². The lowest BCUT2D eigenvalue weighted by Gasteiger charge is -2.13. The van der Waals surface area contributed by atoms with Crippen LogP contribution in [0.15, 0.2) is 22.6 Å². The summed E-state index contributed by atoms with van der Waals surface area (Å²) in [7, 11) is 0. The van der Waals surface area contributed by atoms with E-state index >= 15 is 0 Å². The summed E-state index contributed by atoms with van der Waals surface area (Å²) in [6.07, 6.45) is -0.464. The van der Waals surface area contributed by atoms with Gasteiger partial charge in [-0.15, -0.1) is 0 Å². The summed E-state index contributed by atoms with van der Waals surface area (Å²) in [6, 6.07) is 5.43. The molecule has 0 aliphatic rings. The highest BCUT2D eigenvalue weighted by atomic mass is 16.4. The fourth-order valence-corrected chi connectivity index (χ4v) is 2.42. The number of furan rings is 1. The first-order chi connectivity index (χ1) is 9.40. The minimum Gasteiger partial charge on any atom is -0.481 e. The Labute approximate surface area is 115 Å². The van der Waals surface area contributed by atoms with Crippen LogP contribution in [-0.2, 0) is 9.59 Å². The van der Waals surface area contributed by atoms with Gasteiger partial charge in [0.1, 0.15) is 11.3 Å². The van der Waals surface area contributed by atoms with Crippen LogP contribution in [0.2, 0.25) is 0 Å². The van der Waals surface area contributed by atoms with Crippen LogP contribution in [0.1, 0.15) is 35.6 Å². The van der Waals surface area contributed by atoms with Crippen molar-refractivity contribution in [1.82, 2.24) is 0 Å². The fourth-order valence-electron chi connectivity index (χ4n) is 2.42. The smallest absolute Gasteiger partial charge is 0.303 e. The highest BCUT2D eigenvalue weighted by Gasteiger charge is 2.23. The van der Waals surface area contributed by atoms with E-state index in [0.29, 0.717) is 11.1 Å². The minimum absolute atomic E-state index is 0.232. The molecule has 1 aromatic carbocycles. The van der Waals surface area contributed by atoms with Crippen molar-refractivity contribution in [3.05, 3.63) is 35.1 Å². The Kier molecular flexibility index (Phi) is 3.79. The molecule has 0 atom stereocenters. The van der Waals surface area contributed by atoms with E-state index in [9.17, 15) is 9.59 Å². The molecule has 0 radical (unpaired) electrons. The van der Waals surface area contributed by atoms with E-state index in [4.69, 9.17) is 14.6 Å². The van der Waals surface area contributed by atoms with E-state index in [1.807, 2.05) is 19.9 Å². The summed E-state index contributed by atoms with van der Waals surface area (Å²) in [4.78, 5) is 21.9. The van der Waals surface area contributed by atoms with Crippen LogP contribution in [0.25, 0.3) is 11.0 Å². The third-order valence-corrected chi connectivity index (χ3v) is 3.51. The van der Waals surface area contributed by atoms with Crippen LogP contribution in [0, 0.1) is 13.8 Å². The fraction of sp³-hybridized carbons (Fsp3) is 0.333. The molecule has 1 heterocycles. The molecule has 20 heavy (non-hydrogen) atoms. The second-order valence-corrected chi connectivity index (χ2v) is 4.90. The van der Waals surface area contributed by atoms with Crippen molar-refractivity contribution in [3.8, 4) is 0 Å². The Morgan fingerprint density at radius 3 is 2.30 bits per heavy atom. The lowest BCUT2D eigenvalue weighted by atomic mass is 9.91. The van der Waals surface area contributed by atoms with Gasteiger partial charge in [0.25, 0.3) is 0 Å². The molecule has 0 aliphatic carbocycles. The predicted octanol–water partition coefficient (Wildman–Crippen LogP) is 3.08. The number of aliphatic carboxylic acids is 2. The van der Waals surface area contributed by atoms with Gasteiger partial charge in [-0.25, -0.2) is 0 Å². The minimum atomic E-state index is -1.02. The van der Waals surface area contributed by atoms with Crippen LogP contribution >= 0.6 is 0 Å². The van der Waals surface area contributed by atoms with Crippen molar-refractivity contribution in [2.24, 2.45) is 0 Å². The van der Waals surface area contributed by atoms with Crippen molar-refractivity contribution in [2.75, 3.05) is 0 Å². The third-order valence-electron chi connectivity index (χ3n) is 3.51. The maximum atomic E-state index is 10.9. The largest absolute Gasteiger partial charge is 0.481 e. The van der Waals surface area contributed by atoms with Crippen molar-refractivity contribution < 1.29 is 24.2 Å². The van der Waals surface area contributed by atoms with E-state index in [0.717, 1.165) is 16.7 Å². The zero-order valence-corrected chi connectivity index (χ0v) is 11.3. The molecular formula is C15H16O5. The molecule has 2 N–H and O–H groups in total. The molecule has 0 spiro atoms. The van der Waals surface area contributed by atoms with Crippen LogP contribution in [0.4, 0.5) is 0 Å². The van der Waals surface area contributed by atoms with Crippen molar-refractivity contribution in [3.63, 3.8) is 0 Å². The highest BCUT2D eigenvalue weighted by molar-refractivity contribution is 5.86. The molecule has 0 saturated heterocycles. The van der Waals surface area contributed by atoms with Gasteiger partial charge in [-0.3, -0.25) is 9.59 Å². The molecule has 0 aliphatic heterocycles. The van der Waals surface area contributed by atoms with Crippen molar-refractivity contribution in [2.45, 2.75) is 32.6 Å². The monoisotopic (exact) mass is 276 g/mol. The molecule has 0 fully saturated rings. The number of rotatable bonds is 5. The second-order valence-electron chi connectivity index (χ2n) is 4.90. The molecule has 5 heteroatoms. The molecule has 106 valence electrons. The number of fused-ring (bicyclic) bond motifs is 1. The van der Waals surface area contributed by atoms with E-state index in [1.54, 1.807) is 12.1 Å². The van der Waals surface area contributed by atoms with Gasteiger partial charge < -0.3 is 14.6 Å². The zero-order valence-electron chi connectivity index (χ0n) is 11.3. The molecule has 5 nitrogen and oxygen atoms in total. The summed E-state index contributed by atoms with van der Waals surface area (Å²) in [5, 5.41) is 18.8. The lowest BCUT2D eigenvalue weighted by molar-refractivity contribution is -0.139. The summed E-state index contributed by atoms with van der Waals surface area (Å²) in [5.74, 6) is -1.88. The van der Waals surface area contributed by atoms with Gasteiger partial charge in [-0.05, 0) is 25.0 Å². The summed E-state index contributed by atoms with van der Waals surface area (Å²) in [6.45, 7) is 3.76.